The van der Waals surface area contributed by atoms with E-state index in [-0.39, 0.29) is 18.1 Å². The fraction of sp³-hybridized carbons (Fsp3) is 0.273. The van der Waals surface area contributed by atoms with E-state index in [1.165, 1.54) is 13.2 Å². The zero-order chi connectivity index (χ0) is 23.3. The molecule has 3 rings (SSSR count). The van der Waals surface area contributed by atoms with Gasteiger partial charge in [0.15, 0.2) is 5.69 Å². The van der Waals surface area contributed by atoms with Gasteiger partial charge in [0, 0.05) is 18.5 Å². The molecule has 0 atom stereocenters. The van der Waals surface area contributed by atoms with Gasteiger partial charge in [0.25, 0.3) is 11.5 Å². The van der Waals surface area contributed by atoms with E-state index in [0.29, 0.717) is 40.3 Å². The van der Waals surface area contributed by atoms with Gasteiger partial charge in [-0.1, -0.05) is 29.8 Å². The Balaban J connectivity index is 1.92. The monoisotopic (exact) mass is 457 g/mol. The van der Waals surface area contributed by atoms with Crippen LogP contribution >= 0.6 is 11.6 Å². The second kappa shape index (κ2) is 10.3. The maximum Gasteiger partial charge on any atom is 0.279 e. The Bertz CT molecular complexity index is 1210. The lowest BCUT2D eigenvalue weighted by atomic mass is 10.1. The van der Waals surface area contributed by atoms with Crippen molar-refractivity contribution in [2.24, 2.45) is 0 Å². The minimum absolute atomic E-state index is 0.0215. The minimum atomic E-state index is -0.572. The summed E-state index contributed by atoms with van der Waals surface area (Å²) in [7, 11) is 5.28. The molecule has 0 saturated carbocycles. The molecule has 0 aliphatic carbocycles. The summed E-state index contributed by atoms with van der Waals surface area (Å²) in [6.07, 6.45) is 0. The van der Waals surface area contributed by atoms with Crippen molar-refractivity contribution in [3.63, 3.8) is 0 Å². The van der Waals surface area contributed by atoms with E-state index in [4.69, 9.17) is 16.3 Å². The van der Waals surface area contributed by atoms with Gasteiger partial charge in [-0.15, -0.1) is 0 Å². The lowest BCUT2D eigenvalue weighted by molar-refractivity contribution is -0.120. The van der Waals surface area contributed by atoms with Crippen molar-refractivity contribution >= 4 is 34.2 Å². The van der Waals surface area contributed by atoms with Gasteiger partial charge in [0.05, 0.1) is 29.8 Å². The topological polar surface area (TPSA) is 106 Å². The molecule has 1 aromatic heterocycles. The number of aromatic nitrogens is 2. The van der Waals surface area contributed by atoms with Crippen LogP contribution in [0.25, 0.3) is 16.5 Å². The molecule has 168 valence electrons. The summed E-state index contributed by atoms with van der Waals surface area (Å²) < 4.78 is 6.26. The van der Waals surface area contributed by atoms with Crippen molar-refractivity contribution in [3.8, 4) is 11.4 Å². The summed E-state index contributed by atoms with van der Waals surface area (Å²) >= 11 is 6.20. The highest BCUT2D eigenvalue weighted by Gasteiger charge is 2.18. The number of amides is 2. The Morgan fingerprint density at radius 1 is 1.12 bits per heavy atom. The highest BCUT2D eigenvalue weighted by atomic mass is 35.5. The molecule has 0 aliphatic heterocycles. The lowest BCUT2D eigenvalue weighted by Gasteiger charge is -2.13. The van der Waals surface area contributed by atoms with Gasteiger partial charge in [-0.3, -0.25) is 14.4 Å². The van der Waals surface area contributed by atoms with Crippen LogP contribution in [0.4, 0.5) is 0 Å². The largest absolute Gasteiger partial charge is 0.495 e. The predicted octanol–water partition coefficient (Wildman–Crippen LogP) is 1.46. The van der Waals surface area contributed by atoms with E-state index in [1.807, 2.05) is 19.0 Å². The Morgan fingerprint density at radius 3 is 2.50 bits per heavy atom. The van der Waals surface area contributed by atoms with E-state index < -0.39 is 11.5 Å². The highest BCUT2D eigenvalue weighted by Crippen LogP contribution is 2.26. The number of ether oxygens (including phenoxy) is 1. The summed E-state index contributed by atoms with van der Waals surface area (Å²) in [4.78, 5) is 39.9. The SMILES string of the molecule is COc1ccc(-n2nc(C(=O)NCC(=O)NCCN(C)C)c3ccccc3c2=O)cc1Cl. The number of hydrogen-bond donors (Lipinski definition) is 2. The molecule has 0 fully saturated rings. The molecular weight excluding hydrogens is 434 g/mol. The fourth-order valence-corrected chi connectivity index (χ4v) is 3.30. The van der Waals surface area contributed by atoms with Gasteiger partial charge < -0.3 is 20.3 Å². The summed E-state index contributed by atoms with van der Waals surface area (Å²) in [6, 6.07) is 11.4. The van der Waals surface area contributed by atoms with Crippen molar-refractivity contribution in [3.05, 3.63) is 63.5 Å². The molecule has 2 amide bonds. The molecular formula is C22H24ClN5O4. The lowest BCUT2D eigenvalue weighted by Crippen LogP contribution is -2.40. The molecule has 2 N–H and O–H groups in total. The van der Waals surface area contributed by atoms with Crippen molar-refractivity contribution in [1.29, 1.82) is 0 Å². The van der Waals surface area contributed by atoms with E-state index in [2.05, 4.69) is 15.7 Å². The number of hydrogen-bond acceptors (Lipinski definition) is 6. The molecule has 0 radical (unpaired) electrons. The van der Waals surface area contributed by atoms with Crippen LogP contribution < -0.4 is 20.9 Å². The Kier molecular flexibility index (Phi) is 7.45. The molecule has 0 saturated heterocycles. The Labute approximate surface area is 189 Å². The third kappa shape index (κ3) is 5.24. The number of fused-ring (bicyclic) bond motifs is 1. The van der Waals surface area contributed by atoms with Crippen LogP contribution in [0, 0.1) is 0 Å². The van der Waals surface area contributed by atoms with Crippen molar-refractivity contribution in [1.82, 2.24) is 25.3 Å². The van der Waals surface area contributed by atoms with E-state index >= 15 is 0 Å². The van der Waals surface area contributed by atoms with Crippen LogP contribution in [0.5, 0.6) is 5.75 Å². The van der Waals surface area contributed by atoms with Gasteiger partial charge in [-0.2, -0.15) is 9.78 Å². The van der Waals surface area contributed by atoms with Crippen molar-refractivity contribution in [2.45, 2.75) is 0 Å². The molecule has 0 bridgehead atoms. The van der Waals surface area contributed by atoms with Gasteiger partial charge in [0.2, 0.25) is 5.91 Å². The molecule has 3 aromatic rings. The van der Waals surface area contributed by atoms with Crippen LogP contribution in [0.2, 0.25) is 5.02 Å². The molecule has 0 aliphatic rings. The van der Waals surface area contributed by atoms with Crippen molar-refractivity contribution < 1.29 is 14.3 Å². The zero-order valence-corrected chi connectivity index (χ0v) is 18.8. The first kappa shape index (κ1) is 23.2. The molecule has 0 spiro atoms. The molecule has 0 unspecified atom stereocenters. The van der Waals surface area contributed by atoms with Crippen LogP contribution in [-0.4, -0.2) is 67.3 Å². The predicted molar refractivity (Wildman–Crippen MR) is 123 cm³/mol. The maximum absolute atomic E-state index is 13.0. The van der Waals surface area contributed by atoms with Crippen molar-refractivity contribution in [2.75, 3.05) is 40.8 Å². The van der Waals surface area contributed by atoms with Gasteiger partial charge in [-0.05, 0) is 38.4 Å². The number of likely N-dealkylation sites (N-methyl/N-ethyl adjacent to an activating group) is 1. The van der Waals surface area contributed by atoms with Gasteiger partial charge in [-0.25, -0.2) is 0 Å². The average Bonchev–Trinajstić information content (AvgIpc) is 2.77. The van der Waals surface area contributed by atoms with Crippen LogP contribution in [0.3, 0.4) is 0 Å². The van der Waals surface area contributed by atoms with Gasteiger partial charge in [0.1, 0.15) is 5.75 Å². The Hall–Kier alpha value is -3.43. The number of rotatable bonds is 8. The number of carbonyl (C=O) groups excluding carboxylic acids is 2. The summed E-state index contributed by atoms with van der Waals surface area (Å²) in [6.45, 7) is 0.934. The zero-order valence-electron chi connectivity index (χ0n) is 18.0. The smallest absolute Gasteiger partial charge is 0.279 e. The molecule has 9 nitrogen and oxygen atoms in total. The summed E-state index contributed by atoms with van der Waals surface area (Å²) in [5, 5.41) is 10.6. The van der Waals surface area contributed by atoms with Crippen LogP contribution in [0.1, 0.15) is 10.5 Å². The molecule has 1 heterocycles. The number of nitrogens with one attached hydrogen (secondary N) is 2. The molecule has 10 heteroatoms. The summed E-state index contributed by atoms with van der Waals surface area (Å²) in [5.74, 6) is -0.445. The Morgan fingerprint density at radius 2 is 1.84 bits per heavy atom. The maximum atomic E-state index is 13.0. The number of halogens is 1. The van der Waals surface area contributed by atoms with E-state index in [9.17, 15) is 14.4 Å². The number of carbonyl (C=O) groups is 2. The number of nitrogens with zero attached hydrogens (tertiary/aromatic N) is 3. The summed E-state index contributed by atoms with van der Waals surface area (Å²) in [5.41, 5.74) is -0.00456. The second-order valence-corrected chi connectivity index (χ2v) is 7.67. The fourth-order valence-electron chi connectivity index (χ4n) is 3.04. The first-order chi connectivity index (χ1) is 15.3. The molecule has 32 heavy (non-hydrogen) atoms. The minimum Gasteiger partial charge on any atom is -0.495 e. The third-order valence-electron chi connectivity index (χ3n) is 4.69. The normalized spacial score (nSPS) is 10.9. The number of benzene rings is 2. The highest BCUT2D eigenvalue weighted by molar-refractivity contribution is 6.32. The van der Waals surface area contributed by atoms with Crippen LogP contribution in [0.15, 0.2) is 47.3 Å². The van der Waals surface area contributed by atoms with Gasteiger partial charge >= 0.3 is 0 Å². The number of methoxy groups -OCH3 is 1. The van der Waals surface area contributed by atoms with Crippen LogP contribution in [-0.2, 0) is 4.79 Å². The second-order valence-electron chi connectivity index (χ2n) is 7.27. The first-order valence-corrected chi connectivity index (χ1v) is 10.2. The quantitative estimate of drug-likeness (QED) is 0.530. The third-order valence-corrected chi connectivity index (χ3v) is 4.99. The van der Waals surface area contributed by atoms with E-state index in [1.54, 1.807) is 36.4 Å². The standard InChI is InChI=1S/C22H24ClN5O4/c1-27(2)11-10-24-19(29)13-25-21(30)20-15-6-4-5-7-16(15)22(31)28(26-20)14-8-9-18(32-3)17(23)12-14/h4-9,12H,10-11,13H2,1-3H3,(H,24,29)(H,25,30). The average molecular weight is 458 g/mol. The first-order valence-electron chi connectivity index (χ1n) is 9.87. The molecule has 2 aromatic carbocycles. The van der Waals surface area contributed by atoms with E-state index in [0.717, 1.165) is 4.68 Å².